The first-order chi connectivity index (χ1) is 9.04. The van der Waals surface area contributed by atoms with Crippen molar-refractivity contribution in [1.82, 2.24) is 9.38 Å². The molecule has 0 aromatic carbocycles. The van der Waals surface area contributed by atoms with Crippen molar-refractivity contribution in [2.24, 2.45) is 5.92 Å². The number of halogens is 3. The standard InChI is InChI=1S/C13H13F3N2S/c14-13(15,16)7-4-5-8-10(6-7)18-9-2-1-3-11(9)19-12(18)17-8/h7H,1-6H2. The van der Waals surface area contributed by atoms with Gasteiger partial charge in [0.25, 0.3) is 0 Å². The molecule has 4 rings (SSSR count). The summed E-state index contributed by atoms with van der Waals surface area (Å²) in [5.41, 5.74) is 2.93. The Hall–Kier alpha value is -1.04. The summed E-state index contributed by atoms with van der Waals surface area (Å²) in [5.74, 6) is -1.20. The summed E-state index contributed by atoms with van der Waals surface area (Å²) >= 11 is 1.66. The molecule has 2 aliphatic rings. The normalized spacial score (nSPS) is 22.8. The number of fused-ring (bicyclic) bond motifs is 5. The molecule has 6 heteroatoms. The van der Waals surface area contributed by atoms with E-state index in [-0.39, 0.29) is 12.8 Å². The molecule has 0 saturated carbocycles. The predicted octanol–water partition coefficient (Wildman–Crippen LogP) is 3.55. The minimum Gasteiger partial charge on any atom is -0.291 e. The fraction of sp³-hybridized carbons (Fsp3) is 0.615. The van der Waals surface area contributed by atoms with Crippen LogP contribution in [0.25, 0.3) is 4.96 Å². The third kappa shape index (κ3) is 1.65. The highest BCUT2D eigenvalue weighted by Crippen LogP contribution is 2.40. The summed E-state index contributed by atoms with van der Waals surface area (Å²) in [6.07, 6.45) is -0.182. The maximum Gasteiger partial charge on any atom is 0.392 e. The Morgan fingerprint density at radius 3 is 2.79 bits per heavy atom. The van der Waals surface area contributed by atoms with Crippen molar-refractivity contribution in [3.05, 3.63) is 22.0 Å². The van der Waals surface area contributed by atoms with E-state index in [4.69, 9.17) is 0 Å². The molecule has 2 aromatic heterocycles. The van der Waals surface area contributed by atoms with Gasteiger partial charge in [-0.1, -0.05) is 0 Å². The van der Waals surface area contributed by atoms with Crippen LogP contribution in [0, 0.1) is 5.92 Å². The van der Waals surface area contributed by atoms with Crippen LogP contribution in [0.3, 0.4) is 0 Å². The molecule has 0 bridgehead atoms. The Balaban J connectivity index is 1.84. The Labute approximate surface area is 112 Å². The molecule has 0 saturated heterocycles. The molecule has 0 spiro atoms. The van der Waals surface area contributed by atoms with Crippen LogP contribution in [0.2, 0.25) is 0 Å². The highest BCUT2D eigenvalue weighted by atomic mass is 32.1. The number of imidazole rings is 1. The highest BCUT2D eigenvalue weighted by molar-refractivity contribution is 7.17. The van der Waals surface area contributed by atoms with Gasteiger partial charge in [0, 0.05) is 22.7 Å². The maximum atomic E-state index is 12.9. The quantitative estimate of drug-likeness (QED) is 0.724. The first-order valence-electron chi connectivity index (χ1n) is 6.61. The number of aromatic nitrogens is 2. The molecule has 1 unspecified atom stereocenters. The minimum atomic E-state index is -4.08. The Bertz CT molecular complexity index is 653. The lowest BCUT2D eigenvalue weighted by atomic mass is 9.89. The average molecular weight is 286 g/mol. The van der Waals surface area contributed by atoms with Crippen molar-refractivity contribution in [3.8, 4) is 0 Å². The second kappa shape index (κ2) is 3.75. The maximum absolute atomic E-state index is 12.9. The van der Waals surface area contributed by atoms with E-state index in [1.807, 2.05) is 4.40 Å². The molecule has 2 aromatic rings. The van der Waals surface area contributed by atoms with Crippen LogP contribution >= 0.6 is 11.3 Å². The number of hydrogen-bond acceptors (Lipinski definition) is 2. The van der Waals surface area contributed by atoms with Gasteiger partial charge >= 0.3 is 6.18 Å². The summed E-state index contributed by atoms with van der Waals surface area (Å²) in [4.78, 5) is 6.77. The fourth-order valence-electron chi connectivity index (χ4n) is 3.31. The van der Waals surface area contributed by atoms with E-state index in [2.05, 4.69) is 4.98 Å². The van der Waals surface area contributed by atoms with Crippen LogP contribution in [-0.2, 0) is 25.7 Å². The van der Waals surface area contributed by atoms with Crippen LogP contribution in [0.15, 0.2) is 0 Å². The van der Waals surface area contributed by atoms with Crippen molar-refractivity contribution < 1.29 is 13.2 Å². The molecule has 2 aliphatic carbocycles. The molecular formula is C13H13F3N2S. The lowest BCUT2D eigenvalue weighted by Crippen LogP contribution is -2.29. The lowest BCUT2D eigenvalue weighted by Gasteiger charge is -2.24. The highest BCUT2D eigenvalue weighted by Gasteiger charge is 2.42. The third-order valence-electron chi connectivity index (χ3n) is 4.28. The molecule has 19 heavy (non-hydrogen) atoms. The third-order valence-corrected chi connectivity index (χ3v) is 5.42. The van der Waals surface area contributed by atoms with Crippen LogP contribution in [-0.4, -0.2) is 15.6 Å². The fourth-order valence-corrected chi connectivity index (χ4v) is 4.56. The van der Waals surface area contributed by atoms with Crippen LogP contribution in [0.1, 0.15) is 34.8 Å². The number of rotatable bonds is 0. The van der Waals surface area contributed by atoms with Gasteiger partial charge in [0.1, 0.15) is 0 Å². The lowest BCUT2D eigenvalue weighted by molar-refractivity contribution is -0.177. The zero-order valence-corrected chi connectivity index (χ0v) is 11.1. The van der Waals surface area contributed by atoms with Gasteiger partial charge in [-0.2, -0.15) is 13.2 Å². The monoisotopic (exact) mass is 286 g/mol. The molecule has 0 aliphatic heterocycles. The SMILES string of the molecule is FC(F)(F)C1CCc2nc3sc4c(n3c2C1)CCC4. The summed E-state index contributed by atoms with van der Waals surface area (Å²) < 4.78 is 40.8. The van der Waals surface area contributed by atoms with E-state index in [1.54, 1.807) is 11.3 Å². The van der Waals surface area contributed by atoms with E-state index in [0.29, 0.717) is 6.42 Å². The number of alkyl halides is 3. The van der Waals surface area contributed by atoms with Gasteiger partial charge in [-0.3, -0.25) is 4.40 Å². The zero-order valence-electron chi connectivity index (χ0n) is 10.3. The van der Waals surface area contributed by atoms with Gasteiger partial charge in [-0.05, 0) is 32.1 Å². The van der Waals surface area contributed by atoms with Crippen molar-refractivity contribution >= 4 is 16.3 Å². The predicted molar refractivity (Wildman–Crippen MR) is 66.7 cm³/mol. The van der Waals surface area contributed by atoms with E-state index in [9.17, 15) is 13.2 Å². The minimum absolute atomic E-state index is 0.100. The zero-order chi connectivity index (χ0) is 13.2. The van der Waals surface area contributed by atoms with Crippen LogP contribution in [0.5, 0.6) is 0 Å². The summed E-state index contributed by atoms with van der Waals surface area (Å²) in [6.45, 7) is 0. The van der Waals surface area contributed by atoms with Crippen LogP contribution < -0.4 is 0 Å². The van der Waals surface area contributed by atoms with Gasteiger partial charge in [-0.15, -0.1) is 11.3 Å². The second-order valence-corrected chi connectivity index (χ2v) is 6.49. The first kappa shape index (κ1) is 11.8. The number of hydrogen-bond donors (Lipinski definition) is 0. The van der Waals surface area contributed by atoms with Gasteiger partial charge in [0.2, 0.25) is 0 Å². The van der Waals surface area contributed by atoms with Gasteiger partial charge in [0.15, 0.2) is 4.96 Å². The largest absolute Gasteiger partial charge is 0.392 e. The van der Waals surface area contributed by atoms with E-state index < -0.39 is 12.1 Å². The molecule has 0 fully saturated rings. The number of nitrogens with zero attached hydrogens (tertiary/aromatic N) is 2. The molecule has 2 heterocycles. The smallest absolute Gasteiger partial charge is 0.291 e. The average Bonchev–Trinajstić information content (AvgIpc) is 2.95. The van der Waals surface area contributed by atoms with Crippen molar-refractivity contribution in [2.45, 2.75) is 44.7 Å². The van der Waals surface area contributed by atoms with Crippen molar-refractivity contribution in [1.29, 1.82) is 0 Å². The topological polar surface area (TPSA) is 17.3 Å². The van der Waals surface area contributed by atoms with Gasteiger partial charge in [0.05, 0.1) is 11.6 Å². The molecular weight excluding hydrogens is 273 g/mol. The second-order valence-electron chi connectivity index (χ2n) is 5.43. The summed E-state index contributed by atoms with van der Waals surface area (Å²) in [6, 6.07) is 0. The van der Waals surface area contributed by atoms with Gasteiger partial charge < -0.3 is 0 Å². The Kier molecular flexibility index (Phi) is 2.32. The first-order valence-corrected chi connectivity index (χ1v) is 7.43. The molecule has 0 radical (unpaired) electrons. The molecule has 0 amide bonds. The molecule has 1 atom stereocenters. The Morgan fingerprint density at radius 2 is 2.00 bits per heavy atom. The van der Waals surface area contributed by atoms with E-state index in [1.165, 1.54) is 10.6 Å². The van der Waals surface area contributed by atoms with E-state index in [0.717, 1.165) is 35.6 Å². The Morgan fingerprint density at radius 1 is 1.16 bits per heavy atom. The number of aryl methyl sites for hydroxylation is 3. The summed E-state index contributed by atoms with van der Waals surface area (Å²) in [5, 5.41) is 0. The molecule has 102 valence electrons. The van der Waals surface area contributed by atoms with Crippen molar-refractivity contribution in [2.75, 3.05) is 0 Å². The molecule has 0 N–H and O–H groups in total. The molecule has 2 nitrogen and oxygen atoms in total. The van der Waals surface area contributed by atoms with Crippen molar-refractivity contribution in [3.63, 3.8) is 0 Å². The number of thiazole rings is 1. The van der Waals surface area contributed by atoms with Gasteiger partial charge in [-0.25, -0.2) is 4.98 Å². The summed E-state index contributed by atoms with van der Waals surface area (Å²) in [7, 11) is 0. The van der Waals surface area contributed by atoms with E-state index >= 15 is 0 Å². The van der Waals surface area contributed by atoms with Crippen LogP contribution in [0.4, 0.5) is 13.2 Å².